The Labute approximate surface area is 96.8 Å². The number of rotatable bonds is 5. The van der Waals surface area contributed by atoms with Gasteiger partial charge in [0, 0.05) is 0 Å². The van der Waals surface area contributed by atoms with Gasteiger partial charge in [-0.3, -0.25) is 0 Å². The van der Waals surface area contributed by atoms with Crippen LogP contribution in [0.5, 0.6) is 11.5 Å². The third kappa shape index (κ3) is 2.47. The van der Waals surface area contributed by atoms with Gasteiger partial charge < -0.3 is 14.8 Å². The van der Waals surface area contributed by atoms with Crippen molar-refractivity contribution < 1.29 is 9.47 Å². The van der Waals surface area contributed by atoms with Gasteiger partial charge in [-0.2, -0.15) is 0 Å². The molecule has 0 unspecified atom stereocenters. The maximum absolute atomic E-state index is 5.39. The van der Waals surface area contributed by atoms with Crippen molar-refractivity contribution in [1.29, 1.82) is 0 Å². The molecule has 0 saturated heterocycles. The molecule has 2 rings (SSSR count). The normalized spacial score (nSPS) is 13.1. The molecule has 1 aliphatic rings. The molecular formula is C13H19NO2. The number of unbranched alkanes of at least 4 members (excludes halogenated alkanes) is 1. The van der Waals surface area contributed by atoms with Crippen molar-refractivity contribution in [3.63, 3.8) is 0 Å². The van der Waals surface area contributed by atoms with Gasteiger partial charge in [0.2, 0.25) is 6.79 Å². The molecule has 0 atom stereocenters. The zero-order valence-electron chi connectivity index (χ0n) is 10.0. The molecule has 1 heterocycles. The van der Waals surface area contributed by atoms with E-state index in [9.17, 15) is 0 Å². The summed E-state index contributed by atoms with van der Waals surface area (Å²) in [7, 11) is 1.99. The molecular weight excluding hydrogens is 202 g/mol. The van der Waals surface area contributed by atoms with E-state index in [1.807, 2.05) is 7.05 Å². The van der Waals surface area contributed by atoms with Crippen molar-refractivity contribution in [1.82, 2.24) is 5.32 Å². The Morgan fingerprint density at radius 2 is 1.94 bits per heavy atom. The van der Waals surface area contributed by atoms with Gasteiger partial charge >= 0.3 is 0 Å². The molecule has 1 aromatic carbocycles. The molecule has 1 aromatic rings. The molecule has 16 heavy (non-hydrogen) atoms. The molecule has 1 aliphatic heterocycles. The predicted molar refractivity (Wildman–Crippen MR) is 64.2 cm³/mol. The van der Waals surface area contributed by atoms with E-state index in [1.54, 1.807) is 0 Å². The Morgan fingerprint density at radius 1 is 1.19 bits per heavy atom. The molecule has 0 fully saturated rings. The van der Waals surface area contributed by atoms with Gasteiger partial charge in [0.1, 0.15) is 0 Å². The minimum Gasteiger partial charge on any atom is -0.454 e. The number of benzene rings is 1. The standard InChI is InChI=1S/C13H19NO2/c1-10-7-12-13(16-9-15-12)8-11(10)5-3-4-6-14-2/h7-8,14H,3-6,9H2,1-2H3. The van der Waals surface area contributed by atoms with Crippen molar-refractivity contribution in [2.24, 2.45) is 0 Å². The summed E-state index contributed by atoms with van der Waals surface area (Å²) in [6.45, 7) is 3.58. The molecule has 88 valence electrons. The van der Waals surface area contributed by atoms with Gasteiger partial charge in [-0.1, -0.05) is 0 Å². The van der Waals surface area contributed by atoms with E-state index in [0.29, 0.717) is 6.79 Å². The van der Waals surface area contributed by atoms with E-state index in [1.165, 1.54) is 24.0 Å². The lowest BCUT2D eigenvalue weighted by Gasteiger charge is -2.07. The lowest BCUT2D eigenvalue weighted by molar-refractivity contribution is 0.174. The number of ether oxygens (including phenoxy) is 2. The van der Waals surface area contributed by atoms with Crippen LogP contribution in [0.1, 0.15) is 24.0 Å². The first-order valence-corrected chi connectivity index (χ1v) is 5.85. The number of hydrogen-bond donors (Lipinski definition) is 1. The predicted octanol–water partition coefficient (Wildman–Crippen LogP) is 2.27. The lowest BCUT2D eigenvalue weighted by atomic mass is 10.0. The minimum atomic E-state index is 0.359. The van der Waals surface area contributed by atoms with Crippen LogP contribution in [0.15, 0.2) is 12.1 Å². The Hall–Kier alpha value is -1.22. The summed E-state index contributed by atoms with van der Waals surface area (Å²) in [6, 6.07) is 4.20. The van der Waals surface area contributed by atoms with Crippen molar-refractivity contribution in [2.45, 2.75) is 26.2 Å². The second kappa shape index (κ2) is 5.21. The van der Waals surface area contributed by atoms with E-state index in [-0.39, 0.29) is 0 Å². The number of fused-ring (bicyclic) bond motifs is 1. The lowest BCUT2D eigenvalue weighted by Crippen LogP contribution is -2.07. The Kier molecular flexibility index (Phi) is 3.67. The topological polar surface area (TPSA) is 30.5 Å². The average molecular weight is 221 g/mol. The second-order valence-corrected chi connectivity index (χ2v) is 4.19. The molecule has 3 heteroatoms. The van der Waals surface area contributed by atoms with Crippen molar-refractivity contribution >= 4 is 0 Å². The molecule has 1 N–H and O–H groups in total. The molecule has 0 saturated carbocycles. The Bertz CT molecular complexity index is 363. The van der Waals surface area contributed by atoms with E-state index < -0.39 is 0 Å². The van der Waals surface area contributed by atoms with Crippen LogP contribution >= 0.6 is 0 Å². The molecule has 0 bridgehead atoms. The summed E-state index contributed by atoms with van der Waals surface area (Å²) in [5.41, 5.74) is 2.68. The fourth-order valence-corrected chi connectivity index (χ4v) is 1.97. The highest BCUT2D eigenvalue weighted by molar-refractivity contribution is 5.48. The molecule has 0 aromatic heterocycles. The average Bonchev–Trinajstić information content (AvgIpc) is 2.71. The first kappa shape index (κ1) is 11.3. The van der Waals surface area contributed by atoms with Crippen LogP contribution in [-0.2, 0) is 6.42 Å². The van der Waals surface area contributed by atoms with Crippen LogP contribution in [0.2, 0.25) is 0 Å². The van der Waals surface area contributed by atoms with Crippen LogP contribution in [-0.4, -0.2) is 20.4 Å². The van der Waals surface area contributed by atoms with Gasteiger partial charge in [0.25, 0.3) is 0 Å². The molecule has 0 amide bonds. The summed E-state index contributed by atoms with van der Waals surface area (Å²) in [5, 5.41) is 3.17. The van der Waals surface area contributed by atoms with E-state index in [2.05, 4.69) is 24.4 Å². The summed E-state index contributed by atoms with van der Waals surface area (Å²) in [5.74, 6) is 1.78. The summed E-state index contributed by atoms with van der Waals surface area (Å²) in [4.78, 5) is 0. The maximum Gasteiger partial charge on any atom is 0.231 e. The minimum absolute atomic E-state index is 0.359. The summed E-state index contributed by atoms with van der Waals surface area (Å²) >= 11 is 0. The summed E-state index contributed by atoms with van der Waals surface area (Å²) < 4.78 is 10.7. The SMILES string of the molecule is CNCCCCc1cc2c(cc1C)OCO2. The molecule has 0 aliphatic carbocycles. The fraction of sp³-hybridized carbons (Fsp3) is 0.538. The van der Waals surface area contributed by atoms with Gasteiger partial charge in [-0.25, -0.2) is 0 Å². The fourth-order valence-electron chi connectivity index (χ4n) is 1.97. The first-order valence-electron chi connectivity index (χ1n) is 5.85. The van der Waals surface area contributed by atoms with Crippen LogP contribution in [0.25, 0.3) is 0 Å². The van der Waals surface area contributed by atoms with Crippen LogP contribution < -0.4 is 14.8 Å². The summed E-state index contributed by atoms with van der Waals surface area (Å²) in [6.07, 6.45) is 3.54. The Balaban J connectivity index is 1.98. The highest BCUT2D eigenvalue weighted by atomic mass is 16.7. The highest BCUT2D eigenvalue weighted by Crippen LogP contribution is 2.34. The third-order valence-corrected chi connectivity index (χ3v) is 2.95. The van der Waals surface area contributed by atoms with Gasteiger partial charge in [-0.05, 0) is 63.0 Å². The Morgan fingerprint density at radius 3 is 2.69 bits per heavy atom. The van der Waals surface area contributed by atoms with Gasteiger partial charge in [0.05, 0.1) is 0 Å². The third-order valence-electron chi connectivity index (χ3n) is 2.95. The number of aryl methyl sites for hydroxylation is 2. The van der Waals surface area contributed by atoms with Crippen molar-refractivity contribution in [2.75, 3.05) is 20.4 Å². The van der Waals surface area contributed by atoms with Crippen molar-refractivity contribution in [3.05, 3.63) is 23.3 Å². The molecule has 3 nitrogen and oxygen atoms in total. The smallest absolute Gasteiger partial charge is 0.231 e. The first-order chi connectivity index (χ1) is 7.81. The highest BCUT2D eigenvalue weighted by Gasteiger charge is 2.15. The van der Waals surface area contributed by atoms with Crippen LogP contribution in [0, 0.1) is 6.92 Å². The monoisotopic (exact) mass is 221 g/mol. The number of nitrogens with one attached hydrogen (secondary N) is 1. The quantitative estimate of drug-likeness (QED) is 0.774. The van der Waals surface area contributed by atoms with Crippen molar-refractivity contribution in [3.8, 4) is 11.5 Å². The van der Waals surface area contributed by atoms with Gasteiger partial charge in [0.15, 0.2) is 11.5 Å². The molecule has 0 radical (unpaired) electrons. The second-order valence-electron chi connectivity index (χ2n) is 4.19. The number of hydrogen-bond acceptors (Lipinski definition) is 3. The largest absolute Gasteiger partial charge is 0.454 e. The van der Waals surface area contributed by atoms with Crippen LogP contribution in [0.3, 0.4) is 0 Å². The van der Waals surface area contributed by atoms with Crippen LogP contribution in [0.4, 0.5) is 0 Å². The molecule has 0 spiro atoms. The van der Waals surface area contributed by atoms with E-state index in [0.717, 1.165) is 24.5 Å². The van der Waals surface area contributed by atoms with Gasteiger partial charge in [-0.15, -0.1) is 0 Å². The van der Waals surface area contributed by atoms with E-state index in [4.69, 9.17) is 9.47 Å². The maximum atomic E-state index is 5.39. The van der Waals surface area contributed by atoms with E-state index >= 15 is 0 Å². The zero-order chi connectivity index (χ0) is 11.4. The zero-order valence-corrected chi connectivity index (χ0v) is 10.0.